The molecule has 0 bridgehead atoms. The van der Waals surface area contributed by atoms with Gasteiger partial charge in [0.05, 0.1) is 13.2 Å². The van der Waals surface area contributed by atoms with Gasteiger partial charge < -0.3 is 15.0 Å². The van der Waals surface area contributed by atoms with Crippen LogP contribution in [0.25, 0.3) is 0 Å². The standard InChI is InChI=1S/C25H26N2O3/c1-17-23-21(11-6-12-22(23)28)27-24(17)25(29)26-14-19-9-5-10-20(13-19)16-30-15-18-7-3-2-4-8-18/h2-5,7-10,13,27H,6,11-12,14-16H2,1H3,(H,26,29). The minimum atomic E-state index is -0.180. The number of nitrogens with one attached hydrogen (secondary N) is 2. The molecule has 0 unspecified atom stereocenters. The number of hydrogen-bond donors (Lipinski definition) is 2. The molecule has 2 N–H and O–H groups in total. The van der Waals surface area contributed by atoms with Crippen molar-refractivity contribution in [3.8, 4) is 0 Å². The zero-order valence-electron chi connectivity index (χ0n) is 17.2. The fourth-order valence-electron chi connectivity index (χ4n) is 3.96. The summed E-state index contributed by atoms with van der Waals surface area (Å²) >= 11 is 0. The molecule has 0 saturated heterocycles. The van der Waals surface area contributed by atoms with Crippen LogP contribution in [0, 0.1) is 6.92 Å². The fourth-order valence-corrected chi connectivity index (χ4v) is 3.96. The number of ketones is 1. The first-order chi connectivity index (χ1) is 14.6. The van der Waals surface area contributed by atoms with Crippen LogP contribution >= 0.6 is 0 Å². The van der Waals surface area contributed by atoms with Crippen molar-refractivity contribution in [2.75, 3.05) is 0 Å². The predicted octanol–water partition coefficient (Wildman–Crippen LogP) is 4.49. The van der Waals surface area contributed by atoms with Crippen molar-refractivity contribution in [3.05, 3.63) is 93.8 Å². The number of ether oxygens (including phenoxy) is 1. The lowest BCUT2D eigenvalue weighted by Crippen LogP contribution is -2.24. The highest BCUT2D eigenvalue weighted by Gasteiger charge is 2.26. The normalized spacial score (nSPS) is 13.2. The van der Waals surface area contributed by atoms with Gasteiger partial charge in [0.2, 0.25) is 0 Å². The monoisotopic (exact) mass is 402 g/mol. The molecule has 1 aromatic heterocycles. The zero-order valence-corrected chi connectivity index (χ0v) is 17.2. The second-order valence-electron chi connectivity index (χ2n) is 7.74. The number of fused-ring (bicyclic) bond motifs is 1. The smallest absolute Gasteiger partial charge is 0.268 e. The molecule has 154 valence electrons. The highest BCUT2D eigenvalue weighted by atomic mass is 16.5. The van der Waals surface area contributed by atoms with E-state index in [1.807, 2.05) is 61.5 Å². The molecule has 0 radical (unpaired) electrons. The molecule has 4 rings (SSSR count). The third kappa shape index (κ3) is 4.52. The lowest BCUT2D eigenvalue weighted by molar-refractivity contribution is 0.0944. The molecule has 0 aliphatic heterocycles. The Morgan fingerprint density at radius 1 is 1.00 bits per heavy atom. The number of aromatic nitrogens is 1. The van der Waals surface area contributed by atoms with Crippen molar-refractivity contribution < 1.29 is 14.3 Å². The maximum absolute atomic E-state index is 12.7. The molecule has 5 heteroatoms. The summed E-state index contributed by atoms with van der Waals surface area (Å²) in [6.07, 6.45) is 2.22. The first-order valence-electron chi connectivity index (χ1n) is 10.3. The quantitative estimate of drug-likeness (QED) is 0.612. The molecule has 0 fully saturated rings. The maximum atomic E-state index is 12.7. The number of hydrogen-bond acceptors (Lipinski definition) is 3. The van der Waals surface area contributed by atoms with Crippen LogP contribution in [-0.2, 0) is 30.9 Å². The molecule has 1 amide bonds. The van der Waals surface area contributed by atoms with Gasteiger partial charge in [-0.3, -0.25) is 9.59 Å². The van der Waals surface area contributed by atoms with Gasteiger partial charge in [-0.2, -0.15) is 0 Å². The first-order valence-corrected chi connectivity index (χ1v) is 10.3. The lowest BCUT2D eigenvalue weighted by atomic mass is 9.94. The molecule has 1 aliphatic rings. The Kier molecular flexibility index (Phi) is 6.10. The summed E-state index contributed by atoms with van der Waals surface area (Å²) in [5.74, 6) is -0.0484. The Labute approximate surface area is 176 Å². The van der Waals surface area contributed by atoms with Gasteiger partial charge in [-0.05, 0) is 42.0 Å². The van der Waals surface area contributed by atoms with E-state index in [9.17, 15) is 9.59 Å². The molecule has 2 aromatic carbocycles. The second kappa shape index (κ2) is 9.09. The van der Waals surface area contributed by atoms with E-state index < -0.39 is 0 Å². The number of rotatable bonds is 7. The van der Waals surface area contributed by atoms with Crippen LogP contribution in [0.1, 0.15) is 61.6 Å². The molecule has 0 spiro atoms. The Morgan fingerprint density at radius 3 is 2.53 bits per heavy atom. The van der Waals surface area contributed by atoms with Crippen LogP contribution < -0.4 is 5.32 Å². The Balaban J connectivity index is 1.34. The van der Waals surface area contributed by atoms with Crippen molar-refractivity contribution in [1.82, 2.24) is 10.3 Å². The highest BCUT2D eigenvalue weighted by Crippen LogP contribution is 2.26. The van der Waals surface area contributed by atoms with Crippen molar-refractivity contribution >= 4 is 11.7 Å². The summed E-state index contributed by atoms with van der Waals surface area (Å²) in [5, 5.41) is 2.97. The number of carbonyl (C=O) groups excluding carboxylic acids is 2. The van der Waals surface area contributed by atoms with Crippen LogP contribution in [0.4, 0.5) is 0 Å². The Hall–Kier alpha value is -3.18. The number of aryl methyl sites for hydroxylation is 1. The van der Waals surface area contributed by atoms with Crippen molar-refractivity contribution in [1.29, 1.82) is 0 Å². The fraction of sp³-hybridized carbons (Fsp3) is 0.280. The average Bonchev–Trinajstić information content (AvgIpc) is 3.11. The van der Waals surface area contributed by atoms with E-state index in [4.69, 9.17) is 4.74 Å². The maximum Gasteiger partial charge on any atom is 0.268 e. The second-order valence-corrected chi connectivity index (χ2v) is 7.74. The molecule has 5 nitrogen and oxygen atoms in total. The van der Waals surface area contributed by atoms with Crippen LogP contribution in [0.3, 0.4) is 0 Å². The molecule has 0 atom stereocenters. The SMILES string of the molecule is Cc1c(C(=O)NCc2cccc(COCc3ccccc3)c2)[nH]c2c1C(=O)CCC2. The van der Waals surface area contributed by atoms with Gasteiger partial charge in [0.1, 0.15) is 5.69 Å². The minimum Gasteiger partial charge on any atom is -0.372 e. The van der Waals surface area contributed by atoms with E-state index in [1.165, 1.54) is 0 Å². The molecule has 30 heavy (non-hydrogen) atoms. The summed E-state index contributed by atoms with van der Waals surface area (Å²) in [6.45, 7) is 3.35. The number of benzene rings is 2. The van der Waals surface area contributed by atoms with E-state index in [1.54, 1.807) is 0 Å². The molecular weight excluding hydrogens is 376 g/mol. The van der Waals surface area contributed by atoms with Gasteiger partial charge >= 0.3 is 0 Å². The summed E-state index contributed by atoms with van der Waals surface area (Å²) in [6, 6.07) is 18.1. The largest absolute Gasteiger partial charge is 0.372 e. The van der Waals surface area contributed by atoms with Gasteiger partial charge in [0.25, 0.3) is 5.91 Å². The van der Waals surface area contributed by atoms with E-state index in [2.05, 4.69) is 10.3 Å². The van der Waals surface area contributed by atoms with Crippen LogP contribution in [0.5, 0.6) is 0 Å². The number of aromatic amines is 1. The summed E-state index contributed by atoms with van der Waals surface area (Å²) < 4.78 is 5.80. The summed E-state index contributed by atoms with van der Waals surface area (Å²) in [7, 11) is 0. The average molecular weight is 402 g/mol. The Bertz CT molecular complexity index is 1050. The number of amides is 1. The third-order valence-corrected chi connectivity index (χ3v) is 5.49. The lowest BCUT2D eigenvalue weighted by Gasteiger charge is -2.09. The zero-order chi connectivity index (χ0) is 20.9. The minimum absolute atomic E-state index is 0.132. The molecule has 1 heterocycles. The van der Waals surface area contributed by atoms with Crippen LogP contribution in [0.2, 0.25) is 0 Å². The van der Waals surface area contributed by atoms with Crippen molar-refractivity contribution in [2.24, 2.45) is 0 Å². The number of Topliss-reactive ketones (excluding diaryl/α,β-unsaturated/α-hetero) is 1. The van der Waals surface area contributed by atoms with Gasteiger partial charge in [-0.15, -0.1) is 0 Å². The van der Waals surface area contributed by atoms with Crippen LogP contribution in [-0.4, -0.2) is 16.7 Å². The number of H-pyrrole nitrogens is 1. The Morgan fingerprint density at radius 2 is 1.73 bits per heavy atom. The molecule has 3 aromatic rings. The van der Waals surface area contributed by atoms with E-state index >= 15 is 0 Å². The highest BCUT2D eigenvalue weighted by molar-refractivity contribution is 6.04. The van der Waals surface area contributed by atoms with E-state index in [0.29, 0.717) is 37.4 Å². The van der Waals surface area contributed by atoms with Gasteiger partial charge in [0, 0.05) is 24.2 Å². The van der Waals surface area contributed by atoms with Crippen LogP contribution in [0.15, 0.2) is 54.6 Å². The molecule has 0 saturated carbocycles. The van der Waals surface area contributed by atoms with Gasteiger partial charge in [0.15, 0.2) is 5.78 Å². The summed E-state index contributed by atoms with van der Waals surface area (Å²) in [5.41, 5.74) is 6.08. The predicted molar refractivity (Wildman–Crippen MR) is 115 cm³/mol. The van der Waals surface area contributed by atoms with E-state index in [0.717, 1.165) is 40.8 Å². The van der Waals surface area contributed by atoms with Gasteiger partial charge in [-0.25, -0.2) is 0 Å². The molecule has 1 aliphatic carbocycles. The summed E-state index contributed by atoms with van der Waals surface area (Å²) in [4.78, 5) is 28.0. The van der Waals surface area contributed by atoms with Crippen molar-refractivity contribution in [2.45, 2.75) is 45.9 Å². The van der Waals surface area contributed by atoms with Crippen molar-refractivity contribution in [3.63, 3.8) is 0 Å². The van der Waals surface area contributed by atoms with E-state index in [-0.39, 0.29) is 11.7 Å². The topological polar surface area (TPSA) is 71.2 Å². The molecular formula is C25H26N2O3. The third-order valence-electron chi connectivity index (χ3n) is 5.49. The number of carbonyl (C=O) groups is 2. The first kappa shape index (κ1) is 20.1. The van der Waals surface area contributed by atoms with Gasteiger partial charge in [-0.1, -0.05) is 54.6 Å².